The van der Waals surface area contributed by atoms with Crippen molar-refractivity contribution in [2.75, 3.05) is 0 Å². The molecular formula is C54H34N2O. The van der Waals surface area contributed by atoms with Gasteiger partial charge in [-0.1, -0.05) is 133 Å². The molecule has 3 nitrogen and oxygen atoms in total. The molecule has 0 aliphatic carbocycles. The Morgan fingerprint density at radius 2 is 0.912 bits per heavy atom. The van der Waals surface area contributed by atoms with Crippen molar-refractivity contribution in [2.45, 2.75) is 0 Å². The number of furan rings is 1. The number of para-hydroxylation sites is 2. The van der Waals surface area contributed by atoms with Crippen LogP contribution in [0.15, 0.2) is 211 Å². The Bertz CT molecular complexity index is 3780. The number of hydrogen-bond donors (Lipinski definition) is 0. The first-order valence-corrected chi connectivity index (χ1v) is 19.1. The van der Waals surface area contributed by atoms with E-state index in [9.17, 15) is 0 Å². The summed E-state index contributed by atoms with van der Waals surface area (Å²) in [5.41, 5.74) is 13.0. The summed E-state index contributed by atoms with van der Waals surface area (Å²) in [6.45, 7) is 0. The second kappa shape index (κ2) is 12.5. The van der Waals surface area contributed by atoms with E-state index in [1.54, 1.807) is 12.1 Å². The van der Waals surface area contributed by atoms with E-state index < -0.39 is 6.04 Å². The highest BCUT2D eigenvalue weighted by molar-refractivity contribution is 6.15. The Balaban J connectivity index is 0.974. The fraction of sp³-hybridized carbons (Fsp3) is 0. The lowest BCUT2D eigenvalue weighted by Gasteiger charge is -2.10. The predicted molar refractivity (Wildman–Crippen MR) is 239 cm³/mol. The van der Waals surface area contributed by atoms with Crippen LogP contribution < -0.4 is 0 Å². The van der Waals surface area contributed by atoms with Gasteiger partial charge in [0.1, 0.15) is 11.2 Å². The number of benzene rings is 9. The van der Waals surface area contributed by atoms with E-state index in [1.165, 1.54) is 21.9 Å². The Kier molecular flexibility index (Phi) is 5.91. The van der Waals surface area contributed by atoms with Crippen LogP contribution in [-0.4, -0.2) is 9.13 Å². The third-order valence-electron chi connectivity index (χ3n) is 11.4. The summed E-state index contributed by atoms with van der Waals surface area (Å²) >= 11 is 0. The molecule has 57 heavy (non-hydrogen) atoms. The topological polar surface area (TPSA) is 23.0 Å². The largest absolute Gasteiger partial charge is 0.456 e. The van der Waals surface area contributed by atoms with E-state index in [0.29, 0.717) is 22.1 Å². The zero-order valence-corrected chi connectivity index (χ0v) is 30.5. The summed E-state index contributed by atoms with van der Waals surface area (Å²) in [5.74, 6) is 0. The fourth-order valence-electron chi connectivity index (χ4n) is 8.84. The minimum absolute atomic E-state index is 0.158. The molecule has 12 rings (SSSR count). The quantitative estimate of drug-likeness (QED) is 0.173. The molecule has 0 unspecified atom stereocenters. The summed E-state index contributed by atoms with van der Waals surface area (Å²) in [6, 6.07) is 59.8. The third-order valence-corrected chi connectivity index (χ3v) is 11.4. The van der Waals surface area contributed by atoms with Crippen LogP contribution in [0, 0.1) is 0 Å². The molecule has 0 bridgehead atoms. The Hall–Kier alpha value is -7.62. The summed E-state index contributed by atoms with van der Waals surface area (Å²) in [7, 11) is 0. The second-order valence-corrected chi connectivity index (χ2v) is 14.5. The average molecular weight is 732 g/mol. The molecule has 266 valence electrons. The van der Waals surface area contributed by atoms with Crippen molar-refractivity contribution < 1.29 is 11.3 Å². The van der Waals surface area contributed by atoms with E-state index >= 15 is 0 Å². The van der Waals surface area contributed by atoms with Crippen molar-refractivity contribution >= 4 is 65.6 Å². The molecule has 0 aliphatic rings. The van der Waals surface area contributed by atoms with E-state index in [2.05, 4.69) is 149 Å². The molecule has 0 spiro atoms. The van der Waals surface area contributed by atoms with Crippen LogP contribution in [0.2, 0.25) is 0 Å². The van der Waals surface area contributed by atoms with Crippen LogP contribution in [0.25, 0.3) is 110 Å². The molecule has 0 fully saturated rings. The zero-order valence-electron chi connectivity index (χ0n) is 35.5. The van der Waals surface area contributed by atoms with E-state index in [1.807, 2.05) is 24.3 Å². The smallest absolute Gasteiger partial charge is 0.137 e. The first-order chi connectivity index (χ1) is 30.3. The molecule has 3 aromatic heterocycles. The number of rotatable bonds is 5. The SMILES string of the molecule is [2H]c1c([2H])c([2H])c(-c2cccc3oc4cc(-n5c6ccccc6c6cc(-c7ccc8c(c7)c7ccccc7n8-c7ccc(-c8ccccc8)cc7)ccc65)ccc4c23)c([2H])c1[2H]. The third kappa shape index (κ3) is 4.92. The van der Waals surface area contributed by atoms with E-state index in [4.69, 9.17) is 11.3 Å². The van der Waals surface area contributed by atoms with Crippen molar-refractivity contribution in [3.63, 3.8) is 0 Å². The van der Waals surface area contributed by atoms with Gasteiger partial charge in [-0.05, 0) is 100 Å². The molecule has 3 heterocycles. The fourth-order valence-corrected chi connectivity index (χ4v) is 8.84. The van der Waals surface area contributed by atoms with Gasteiger partial charge < -0.3 is 13.6 Å². The van der Waals surface area contributed by atoms with Gasteiger partial charge in [0.05, 0.1) is 28.9 Å². The molecule has 9 aromatic carbocycles. The van der Waals surface area contributed by atoms with Gasteiger partial charge in [0, 0.05) is 49.8 Å². The monoisotopic (exact) mass is 731 g/mol. The van der Waals surface area contributed by atoms with Crippen LogP contribution in [0.5, 0.6) is 0 Å². The standard InChI is InChI=1S/C54H34N2O/c1-3-12-35(13-4-1)36-22-26-40(27-23-36)55-48-19-9-7-16-43(48)46-32-38(24-30-50(46)55)39-25-31-51-47(33-39)44-17-8-10-20-49(44)56(51)41-28-29-45-53(34-41)57-52-21-11-18-42(54(45)52)37-14-5-2-6-15-37/h1-34H/i2D,5D,6D,14D,15D. The maximum Gasteiger partial charge on any atom is 0.137 e. The lowest BCUT2D eigenvalue weighted by atomic mass is 9.99. The molecule has 0 saturated heterocycles. The van der Waals surface area contributed by atoms with E-state index in [-0.39, 0.29) is 29.7 Å². The van der Waals surface area contributed by atoms with Gasteiger partial charge in [-0.15, -0.1) is 0 Å². The maximum atomic E-state index is 8.68. The molecule has 0 atom stereocenters. The van der Waals surface area contributed by atoms with Crippen molar-refractivity contribution in [2.24, 2.45) is 0 Å². The summed E-state index contributed by atoms with van der Waals surface area (Å²) < 4.78 is 53.2. The number of fused-ring (bicyclic) bond motifs is 9. The van der Waals surface area contributed by atoms with Gasteiger partial charge in [0.2, 0.25) is 0 Å². The summed E-state index contributed by atoms with van der Waals surface area (Å²) in [4.78, 5) is 0. The summed E-state index contributed by atoms with van der Waals surface area (Å²) in [5, 5.41) is 6.18. The van der Waals surface area contributed by atoms with Crippen molar-refractivity contribution in [3.8, 4) is 44.8 Å². The van der Waals surface area contributed by atoms with Crippen LogP contribution in [0.1, 0.15) is 6.85 Å². The van der Waals surface area contributed by atoms with Gasteiger partial charge in [-0.25, -0.2) is 0 Å². The molecule has 0 N–H and O–H groups in total. The number of aromatic nitrogens is 2. The van der Waals surface area contributed by atoms with E-state index in [0.717, 1.165) is 60.7 Å². The first kappa shape index (κ1) is 27.0. The molecule has 0 radical (unpaired) electrons. The highest BCUT2D eigenvalue weighted by atomic mass is 16.3. The molecule has 3 heteroatoms. The lowest BCUT2D eigenvalue weighted by molar-refractivity contribution is 0.668. The number of nitrogens with zero attached hydrogens (tertiary/aromatic N) is 2. The normalized spacial score (nSPS) is 13.1. The average Bonchev–Trinajstić information content (AvgIpc) is 3.98. The van der Waals surface area contributed by atoms with Crippen molar-refractivity contribution in [1.82, 2.24) is 9.13 Å². The Morgan fingerprint density at radius 3 is 1.60 bits per heavy atom. The maximum absolute atomic E-state index is 8.68. The summed E-state index contributed by atoms with van der Waals surface area (Å²) in [6.07, 6.45) is 0. The second-order valence-electron chi connectivity index (χ2n) is 14.5. The Labute approximate surface area is 335 Å². The van der Waals surface area contributed by atoms with Crippen molar-refractivity contribution in [3.05, 3.63) is 206 Å². The molecular weight excluding hydrogens is 693 g/mol. The molecule has 0 amide bonds. The molecule has 0 saturated carbocycles. The number of hydrogen-bond acceptors (Lipinski definition) is 1. The van der Waals surface area contributed by atoms with Crippen LogP contribution in [0.4, 0.5) is 0 Å². The molecule has 12 aromatic rings. The van der Waals surface area contributed by atoms with Gasteiger partial charge in [0.25, 0.3) is 0 Å². The van der Waals surface area contributed by atoms with Crippen LogP contribution in [0.3, 0.4) is 0 Å². The Morgan fingerprint density at radius 1 is 0.351 bits per heavy atom. The van der Waals surface area contributed by atoms with Gasteiger partial charge in [-0.3, -0.25) is 0 Å². The zero-order chi connectivity index (χ0) is 41.8. The lowest BCUT2D eigenvalue weighted by Crippen LogP contribution is -1.94. The van der Waals surface area contributed by atoms with Gasteiger partial charge in [-0.2, -0.15) is 0 Å². The van der Waals surface area contributed by atoms with Crippen LogP contribution >= 0.6 is 0 Å². The highest BCUT2D eigenvalue weighted by Gasteiger charge is 2.18. The van der Waals surface area contributed by atoms with Gasteiger partial charge >= 0.3 is 0 Å². The van der Waals surface area contributed by atoms with Gasteiger partial charge in [0.15, 0.2) is 0 Å². The minimum Gasteiger partial charge on any atom is -0.456 e. The minimum atomic E-state index is -0.415. The predicted octanol–water partition coefficient (Wildman–Crippen LogP) is 14.8. The molecule has 0 aliphatic heterocycles. The van der Waals surface area contributed by atoms with Crippen molar-refractivity contribution in [1.29, 1.82) is 0 Å². The van der Waals surface area contributed by atoms with Crippen LogP contribution in [-0.2, 0) is 0 Å². The first-order valence-electron chi connectivity index (χ1n) is 21.6. The highest BCUT2D eigenvalue weighted by Crippen LogP contribution is 2.41.